The molecule has 0 aromatic carbocycles. The predicted molar refractivity (Wildman–Crippen MR) is 87.2 cm³/mol. The van der Waals surface area contributed by atoms with Crippen LogP contribution < -0.4 is 16.0 Å². The van der Waals surface area contributed by atoms with Gasteiger partial charge < -0.3 is 21.1 Å². The predicted octanol–water partition coefficient (Wildman–Crippen LogP) is 0.250. The second-order valence-electron chi connectivity index (χ2n) is 7.36. The lowest BCUT2D eigenvalue weighted by Crippen LogP contribution is -2.52. The van der Waals surface area contributed by atoms with Crippen LogP contribution in [0.3, 0.4) is 0 Å². The number of rotatable bonds is 5. The number of carboxylic acids is 1. The Morgan fingerprint density at radius 1 is 1.21 bits per heavy atom. The number of amides is 2. The van der Waals surface area contributed by atoms with Crippen LogP contribution in [-0.4, -0.2) is 48.1 Å². The topological polar surface area (TPSA) is 108 Å². The van der Waals surface area contributed by atoms with Gasteiger partial charge in [-0.15, -0.1) is 0 Å². The number of nitrogens with one attached hydrogen (secondary N) is 3. The molecule has 0 radical (unpaired) electrons. The summed E-state index contributed by atoms with van der Waals surface area (Å²) < 4.78 is 0. The van der Waals surface area contributed by atoms with Crippen molar-refractivity contribution in [3.63, 3.8) is 0 Å². The summed E-state index contributed by atoms with van der Waals surface area (Å²) in [6.07, 6.45) is 6.21. The van der Waals surface area contributed by atoms with E-state index in [1.54, 1.807) is 0 Å². The molecule has 0 aromatic rings. The first kappa shape index (κ1) is 17.2. The van der Waals surface area contributed by atoms with Crippen molar-refractivity contribution >= 4 is 17.8 Å². The Kier molecular flexibility index (Phi) is 5.38. The summed E-state index contributed by atoms with van der Waals surface area (Å²) in [4.78, 5) is 36.0. The molecule has 2 aliphatic heterocycles. The minimum absolute atomic E-state index is 0.104. The van der Waals surface area contributed by atoms with Gasteiger partial charge in [-0.25, -0.2) is 4.79 Å². The first-order chi connectivity index (χ1) is 11.6. The fourth-order valence-electron chi connectivity index (χ4n) is 4.47. The molecule has 2 amide bonds. The zero-order chi connectivity index (χ0) is 17.1. The van der Waals surface area contributed by atoms with Gasteiger partial charge in [0.25, 0.3) is 0 Å². The maximum Gasteiger partial charge on any atom is 0.326 e. The first-order valence-corrected chi connectivity index (χ1v) is 9.10. The van der Waals surface area contributed by atoms with E-state index in [2.05, 4.69) is 16.0 Å². The molecule has 134 valence electrons. The first-order valence-electron chi connectivity index (χ1n) is 9.10. The van der Waals surface area contributed by atoms with Crippen molar-refractivity contribution in [2.75, 3.05) is 13.1 Å². The Balaban J connectivity index is 1.59. The molecule has 0 aromatic heterocycles. The quantitative estimate of drug-likeness (QED) is 0.575. The van der Waals surface area contributed by atoms with E-state index in [0.717, 1.165) is 32.2 Å². The van der Waals surface area contributed by atoms with Crippen LogP contribution >= 0.6 is 0 Å². The van der Waals surface area contributed by atoms with E-state index < -0.39 is 12.0 Å². The number of piperidine rings is 1. The van der Waals surface area contributed by atoms with Gasteiger partial charge in [-0.3, -0.25) is 9.59 Å². The van der Waals surface area contributed by atoms with Gasteiger partial charge in [-0.05, 0) is 50.5 Å². The van der Waals surface area contributed by atoms with Gasteiger partial charge in [0, 0.05) is 12.5 Å². The van der Waals surface area contributed by atoms with Crippen molar-refractivity contribution in [3.05, 3.63) is 0 Å². The molecule has 7 heteroatoms. The van der Waals surface area contributed by atoms with Gasteiger partial charge in [0.1, 0.15) is 6.04 Å². The summed E-state index contributed by atoms with van der Waals surface area (Å²) in [5, 5.41) is 18.2. The average Bonchev–Trinajstić information content (AvgIpc) is 3.00. The van der Waals surface area contributed by atoms with E-state index in [1.807, 2.05) is 0 Å². The van der Waals surface area contributed by atoms with E-state index in [9.17, 15) is 19.5 Å². The van der Waals surface area contributed by atoms with E-state index in [-0.39, 0.29) is 30.2 Å². The zero-order valence-corrected chi connectivity index (χ0v) is 13.9. The number of fused-ring (bicyclic) bond motifs is 1. The van der Waals surface area contributed by atoms with Gasteiger partial charge in [0.05, 0.1) is 6.04 Å². The van der Waals surface area contributed by atoms with Crippen LogP contribution in [0.25, 0.3) is 0 Å². The van der Waals surface area contributed by atoms with Gasteiger partial charge in [0.15, 0.2) is 0 Å². The van der Waals surface area contributed by atoms with Crippen molar-refractivity contribution in [1.29, 1.82) is 0 Å². The van der Waals surface area contributed by atoms with Crippen LogP contribution in [0.2, 0.25) is 0 Å². The lowest BCUT2D eigenvalue weighted by atomic mass is 9.78. The van der Waals surface area contributed by atoms with E-state index in [1.165, 1.54) is 6.42 Å². The SMILES string of the molecule is O=C1NCCC[C@H]1C[C@H](NC(=O)[C@H]1NC[C@@H]2CCCC[C@@H]21)C(=O)O. The lowest BCUT2D eigenvalue weighted by molar-refractivity contribution is -0.143. The summed E-state index contributed by atoms with van der Waals surface area (Å²) in [6, 6.07) is -1.30. The van der Waals surface area contributed by atoms with Gasteiger partial charge in [0.2, 0.25) is 11.8 Å². The Labute approximate surface area is 141 Å². The molecular weight excluding hydrogens is 310 g/mol. The summed E-state index contributed by atoms with van der Waals surface area (Å²) in [6.45, 7) is 1.49. The summed E-state index contributed by atoms with van der Waals surface area (Å²) in [5.74, 6) is -0.895. The second kappa shape index (κ2) is 7.51. The highest BCUT2D eigenvalue weighted by Crippen LogP contribution is 2.36. The van der Waals surface area contributed by atoms with Crippen LogP contribution in [0.4, 0.5) is 0 Å². The Morgan fingerprint density at radius 2 is 2.00 bits per heavy atom. The third kappa shape index (κ3) is 3.71. The molecule has 24 heavy (non-hydrogen) atoms. The fourth-order valence-corrected chi connectivity index (χ4v) is 4.47. The molecule has 3 aliphatic rings. The number of carbonyl (C=O) groups excluding carboxylic acids is 2. The molecule has 1 aliphatic carbocycles. The van der Waals surface area contributed by atoms with Gasteiger partial charge in [-0.2, -0.15) is 0 Å². The molecule has 4 N–H and O–H groups in total. The number of carbonyl (C=O) groups is 3. The molecule has 2 saturated heterocycles. The molecular formula is C17H27N3O4. The number of hydrogen-bond acceptors (Lipinski definition) is 4. The minimum Gasteiger partial charge on any atom is -0.480 e. The molecule has 3 fully saturated rings. The third-order valence-corrected chi connectivity index (χ3v) is 5.81. The maximum atomic E-state index is 12.6. The summed E-state index contributed by atoms with van der Waals surface area (Å²) >= 11 is 0. The molecule has 0 bridgehead atoms. The third-order valence-electron chi connectivity index (χ3n) is 5.81. The molecule has 0 spiro atoms. The zero-order valence-electron chi connectivity index (χ0n) is 13.9. The van der Waals surface area contributed by atoms with Gasteiger partial charge >= 0.3 is 5.97 Å². The fraction of sp³-hybridized carbons (Fsp3) is 0.824. The van der Waals surface area contributed by atoms with Crippen molar-refractivity contribution < 1.29 is 19.5 Å². The van der Waals surface area contributed by atoms with Crippen LogP contribution in [0.5, 0.6) is 0 Å². The largest absolute Gasteiger partial charge is 0.480 e. The Bertz CT molecular complexity index is 510. The molecule has 3 rings (SSSR count). The molecule has 0 unspecified atom stereocenters. The lowest BCUT2D eigenvalue weighted by Gasteiger charge is -2.29. The van der Waals surface area contributed by atoms with Crippen LogP contribution in [0.1, 0.15) is 44.9 Å². The average molecular weight is 337 g/mol. The highest BCUT2D eigenvalue weighted by Gasteiger charge is 2.42. The normalized spacial score (nSPS) is 34.1. The van der Waals surface area contributed by atoms with E-state index >= 15 is 0 Å². The van der Waals surface area contributed by atoms with Gasteiger partial charge in [-0.1, -0.05) is 12.8 Å². The summed E-state index contributed by atoms with van der Waals surface area (Å²) in [7, 11) is 0. The van der Waals surface area contributed by atoms with E-state index in [0.29, 0.717) is 24.8 Å². The highest BCUT2D eigenvalue weighted by atomic mass is 16.4. The van der Waals surface area contributed by atoms with Crippen molar-refractivity contribution in [1.82, 2.24) is 16.0 Å². The monoisotopic (exact) mass is 337 g/mol. The molecule has 2 heterocycles. The van der Waals surface area contributed by atoms with Crippen LogP contribution in [0, 0.1) is 17.8 Å². The highest BCUT2D eigenvalue weighted by molar-refractivity contribution is 5.88. The smallest absolute Gasteiger partial charge is 0.326 e. The van der Waals surface area contributed by atoms with E-state index in [4.69, 9.17) is 0 Å². The second-order valence-corrected chi connectivity index (χ2v) is 7.36. The maximum absolute atomic E-state index is 12.6. The molecule has 5 atom stereocenters. The standard InChI is InChI=1S/C17H27N3O4/c21-15-10(5-3-7-18-15)8-13(17(23)24)20-16(22)14-12-6-2-1-4-11(12)9-19-14/h10-14,19H,1-9H2,(H,18,21)(H,20,22)(H,23,24)/t10-,11-,12-,13-,14-/m0/s1. The molecule has 1 saturated carbocycles. The van der Waals surface area contributed by atoms with Crippen LogP contribution in [0.15, 0.2) is 0 Å². The van der Waals surface area contributed by atoms with Crippen LogP contribution in [-0.2, 0) is 14.4 Å². The van der Waals surface area contributed by atoms with Crippen molar-refractivity contribution in [2.45, 2.75) is 57.0 Å². The summed E-state index contributed by atoms with van der Waals surface area (Å²) in [5.41, 5.74) is 0. The minimum atomic E-state index is -1.07. The van der Waals surface area contributed by atoms with Crippen molar-refractivity contribution in [3.8, 4) is 0 Å². The Morgan fingerprint density at radius 3 is 2.75 bits per heavy atom. The number of aliphatic carboxylic acids is 1. The number of carboxylic acid groups (broad SMARTS) is 1. The van der Waals surface area contributed by atoms with Crippen molar-refractivity contribution in [2.24, 2.45) is 17.8 Å². The number of hydrogen-bond donors (Lipinski definition) is 4. The molecule has 7 nitrogen and oxygen atoms in total. The Hall–Kier alpha value is -1.63.